The zero-order valence-corrected chi connectivity index (χ0v) is 32.2. The molecule has 3 aliphatic rings. The molecule has 0 unspecified atom stereocenters. The first-order valence-corrected chi connectivity index (χ1v) is 19.2. The molecular weight excluding hydrogens is 714 g/mol. The minimum Gasteiger partial charge on any atom is -0.496 e. The number of ether oxygens (including phenoxy) is 8. The lowest BCUT2D eigenvalue weighted by molar-refractivity contribution is -0.329. The average Bonchev–Trinajstić information content (AvgIpc) is 3.63. The molecule has 55 heavy (non-hydrogen) atoms. The summed E-state index contributed by atoms with van der Waals surface area (Å²) in [6.07, 6.45) is 1.12. The van der Waals surface area contributed by atoms with E-state index in [1.165, 1.54) is 0 Å². The molecule has 1 spiro atoms. The van der Waals surface area contributed by atoms with Crippen molar-refractivity contribution in [3.05, 3.63) is 53.6 Å². The number of fused-ring (bicyclic) bond motifs is 1. The summed E-state index contributed by atoms with van der Waals surface area (Å²) < 4.78 is 46.0. The molecule has 15 heteroatoms. The van der Waals surface area contributed by atoms with E-state index in [4.69, 9.17) is 37.9 Å². The van der Waals surface area contributed by atoms with E-state index < -0.39 is 48.3 Å². The van der Waals surface area contributed by atoms with E-state index in [1.54, 1.807) is 26.2 Å². The lowest BCUT2D eigenvalue weighted by Crippen LogP contribution is -2.54. The molecule has 2 fully saturated rings. The highest BCUT2D eigenvalue weighted by Crippen LogP contribution is 2.41. The van der Waals surface area contributed by atoms with Gasteiger partial charge in [0, 0.05) is 38.8 Å². The van der Waals surface area contributed by atoms with Crippen LogP contribution in [-0.4, -0.2) is 87.9 Å². The molecule has 5 atom stereocenters. The number of esters is 1. The van der Waals surface area contributed by atoms with Crippen LogP contribution < -0.4 is 30.2 Å². The molecule has 15 nitrogen and oxygen atoms in total. The Hall–Kier alpha value is -4.76. The lowest BCUT2D eigenvalue weighted by atomic mass is 9.90. The Morgan fingerprint density at radius 3 is 2.56 bits per heavy atom. The van der Waals surface area contributed by atoms with Crippen LogP contribution in [-0.2, 0) is 46.2 Å². The maximum Gasteiger partial charge on any atom is 0.407 e. The van der Waals surface area contributed by atoms with E-state index >= 15 is 0 Å². The first-order chi connectivity index (χ1) is 26.5. The van der Waals surface area contributed by atoms with E-state index in [1.807, 2.05) is 44.2 Å². The summed E-state index contributed by atoms with van der Waals surface area (Å²) in [7, 11) is 1.61. The minimum atomic E-state index is -1.13. The topological polar surface area (TPSA) is 178 Å². The van der Waals surface area contributed by atoms with Gasteiger partial charge in [0.25, 0.3) is 0 Å². The molecule has 3 aliphatic heterocycles. The Morgan fingerprint density at radius 1 is 0.964 bits per heavy atom. The number of hydrogen-bond acceptors (Lipinski definition) is 12. The van der Waals surface area contributed by atoms with Gasteiger partial charge in [-0.3, -0.25) is 4.79 Å². The molecule has 0 aromatic heterocycles. The van der Waals surface area contributed by atoms with Crippen LogP contribution in [0.1, 0.15) is 83.3 Å². The van der Waals surface area contributed by atoms with Crippen molar-refractivity contribution in [3.63, 3.8) is 0 Å². The summed E-state index contributed by atoms with van der Waals surface area (Å²) in [5, 5.41) is 8.42. The molecule has 0 aliphatic carbocycles. The molecule has 0 radical (unpaired) electrons. The van der Waals surface area contributed by atoms with Crippen molar-refractivity contribution in [2.24, 2.45) is 5.92 Å². The van der Waals surface area contributed by atoms with Crippen LogP contribution in [0.5, 0.6) is 17.2 Å². The first-order valence-electron chi connectivity index (χ1n) is 19.2. The van der Waals surface area contributed by atoms with Gasteiger partial charge in [0.05, 0.1) is 25.9 Å². The first kappa shape index (κ1) is 41.4. The van der Waals surface area contributed by atoms with Crippen LogP contribution in [0.25, 0.3) is 0 Å². The Bertz CT molecular complexity index is 1600. The number of rotatable bonds is 17. The van der Waals surface area contributed by atoms with Crippen molar-refractivity contribution in [3.8, 4) is 17.2 Å². The maximum absolute atomic E-state index is 13.1. The molecule has 2 aromatic carbocycles. The van der Waals surface area contributed by atoms with Crippen LogP contribution >= 0.6 is 0 Å². The highest BCUT2D eigenvalue weighted by atomic mass is 16.7. The zero-order valence-electron chi connectivity index (χ0n) is 32.2. The van der Waals surface area contributed by atoms with Gasteiger partial charge in [0.2, 0.25) is 12.7 Å². The highest BCUT2D eigenvalue weighted by Gasteiger charge is 2.47. The molecule has 3 N–H and O–H groups in total. The van der Waals surface area contributed by atoms with Gasteiger partial charge in [0.15, 0.2) is 17.3 Å². The van der Waals surface area contributed by atoms with Crippen molar-refractivity contribution in [1.82, 2.24) is 16.0 Å². The van der Waals surface area contributed by atoms with Gasteiger partial charge in [-0.25, -0.2) is 14.4 Å². The third-order valence-corrected chi connectivity index (χ3v) is 9.62. The number of para-hydroxylation sites is 1. The average molecular weight is 770 g/mol. The van der Waals surface area contributed by atoms with Crippen LogP contribution in [0.15, 0.2) is 42.5 Å². The number of carbonyl (C=O) groups is 4. The van der Waals surface area contributed by atoms with Crippen LogP contribution in [0.4, 0.5) is 9.59 Å². The molecule has 3 amide bonds. The van der Waals surface area contributed by atoms with E-state index in [-0.39, 0.29) is 51.2 Å². The number of hydrogen-bond donors (Lipinski definition) is 3. The van der Waals surface area contributed by atoms with Gasteiger partial charge < -0.3 is 53.8 Å². The van der Waals surface area contributed by atoms with Crippen LogP contribution in [0, 0.1) is 5.92 Å². The summed E-state index contributed by atoms with van der Waals surface area (Å²) in [6, 6.07) is 12.3. The van der Waals surface area contributed by atoms with Gasteiger partial charge in [-0.15, -0.1) is 0 Å². The number of methoxy groups -OCH3 is 1. The highest BCUT2D eigenvalue weighted by molar-refractivity contribution is 5.84. The zero-order chi connectivity index (χ0) is 39.2. The summed E-state index contributed by atoms with van der Waals surface area (Å²) in [5.41, 5.74) is 1.78. The van der Waals surface area contributed by atoms with Crippen molar-refractivity contribution in [1.29, 1.82) is 0 Å². The third kappa shape index (κ3) is 12.6. The Morgan fingerprint density at radius 2 is 1.76 bits per heavy atom. The number of benzene rings is 2. The summed E-state index contributed by atoms with van der Waals surface area (Å²) >= 11 is 0. The maximum atomic E-state index is 13.1. The largest absolute Gasteiger partial charge is 0.496 e. The molecule has 0 bridgehead atoms. The van der Waals surface area contributed by atoms with Crippen molar-refractivity contribution in [2.75, 3.05) is 33.7 Å². The second kappa shape index (κ2) is 20.2. The Labute approximate surface area is 322 Å². The molecule has 3 heterocycles. The fourth-order valence-corrected chi connectivity index (χ4v) is 7.10. The minimum absolute atomic E-state index is 0.00527. The SMILES string of the molecule is CCOC(=O)[C@H](CC(C)C)NC(=O)CC[C@@H]1C[C@@H](OC(=O)NCc2ccc3c(c2)OCO3)C[C@@]2(CCC[C@H](COC(=O)NCCc3ccccc3OC)O2)O1. The molecule has 2 aromatic rings. The van der Waals surface area contributed by atoms with Gasteiger partial charge in [-0.05, 0) is 74.3 Å². The molecule has 0 saturated carbocycles. The monoisotopic (exact) mass is 769 g/mol. The number of carbonyl (C=O) groups excluding carboxylic acids is 4. The number of amides is 3. The smallest absolute Gasteiger partial charge is 0.407 e. The molecule has 2 saturated heterocycles. The predicted octanol–water partition coefficient (Wildman–Crippen LogP) is 5.31. The second-order valence-electron chi connectivity index (χ2n) is 14.4. The standard InChI is InChI=1S/C40H55N3O12/c1-5-49-37(45)32(19-26(2)3)43-36(44)15-13-29-21-31(53-39(47)42-23-27-12-14-34-35(20-27)52-25-51-34)22-40(54-29)17-8-10-30(55-40)24-50-38(46)41-18-16-28-9-6-7-11-33(28)48-4/h6-7,9,11-12,14,20,26,29-32H,5,8,10,13,15-19,21-25H2,1-4H3,(H,41,46)(H,42,47)(H,43,44)/t29-,30-,31-,32+,40+/m1/s1. The van der Waals surface area contributed by atoms with Crippen molar-refractivity contribution in [2.45, 2.75) is 115 Å². The third-order valence-electron chi connectivity index (χ3n) is 9.62. The molecule has 302 valence electrons. The van der Waals surface area contributed by atoms with Crippen molar-refractivity contribution < 1.29 is 57.1 Å². The van der Waals surface area contributed by atoms with E-state index in [9.17, 15) is 19.2 Å². The van der Waals surface area contributed by atoms with E-state index in [2.05, 4.69) is 16.0 Å². The quantitative estimate of drug-likeness (QED) is 0.140. The number of alkyl carbamates (subject to hydrolysis) is 2. The van der Waals surface area contributed by atoms with Gasteiger partial charge in [-0.2, -0.15) is 0 Å². The molecule has 5 rings (SSSR count). The fraction of sp³-hybridized carbons (Fsp3) is 0.600. The second-order valence-corrected chi connectivity index (χ2v) is 14.4. The summed E-state index contributed by atoms with van der Waals surface area (Å²) in [5.74, 6) is 0.272. The normalized spacial score (nSPS) is 22.0. The Kier molecular flexibility index (Phi) is 15.2. The van der Waals surface area contributed by atoms with Gasteiger partial charge in [0.1, 0.15) is 24.5 Å². The van der Waals surface area contributed by atoms with Gasteiger partial charge >= 0.3 is 18.2 Å². The summed E-state index contributed by atoms with van der Waals surface area (Å²) in [6.45, 7) is 6.61. The number of nitrogens with one attached hydrogen (secondary N) is 3. The van der Waals surface area contributed by atoms with E-state index in [0.29, 0.717) is 56.6 Å². The lowest BCUT2D eigenvalue weighted by Gasteiger charge is -2.47. The fourth-order valence-electron chi connectivity index (χ4n) is 7.10. The Balaban J connectivity index is 1.17. The van der Waals surface area contributed by atoms with Gasteiger partial charge in [-0.1, -0.05) is 38.1 Å². The predicted molar refractivity (Wildman–Crippen MR) is 199 cm³/mol. The van der Waals surface area contributed by atoms with Crippen LogP contribution in [0.3, 0.4) is 0 Å². The van der Waals surface area contributed by atoms with Crippen LogP contribution in [0.2, 0.25) is 0 Å². The van der Waals surface area contributed by atoms with Crippen molar-refractivity contribution >= 4 is 24.1 Å². The summed E-state index contributed by atoms with van der Waals surface area (Å²) in [4.78, 5) is 51.4. The molecular formula is C40H55N3O12. The van der Waals surface area contributed by atoms with E-state index in [0.717, 1.165) is 23.3 Å².